The van der Waals surface area contributed by atoms with Crippen LogP contribution < -0.4 is 0 Å². The number of allylic oxidation sites excluding steroid dienone is 4. The van der Waals surface area contributed by atoms with Crippen LogP contribution in [0.3, 0.4) is 0 Å². The van der Waals surface area contributed by atoms with Gasteiger partial charge in [-0.3, -0.25) is 0 Å². The third kappa shape index (κ3) is 3.55. The van der Waals surface area contributed by atoms with E-state index in [0.29, 0.717) is 0 Å². The molecule has 1 rings (SSSR count). The van der Waals surface area contributed by atoms with Crippen LogP contribution in [0.25, 0.3) is 0 Å². The summed E-state index contributed by atoms with van der Waals surface area (Å²) in [5.41, 5.74) is 1.31. The summed E-state index contributed by atoms with van der Waals surface area (Å²) >= 11 is 0. The summed E-state index contributed by atoms with van der Waals surface area (Å²) in [5.74, 6) is 1.74. The Hall–Kier alpha value is -0.980. The van der Waals surface area contributed by atoms with E-state index in [1.54, 1.807) is 0 Å². The van der Waals surface area contributed by atoms with Crippen molar-refractivity contribution in [1.29, 1.82) is 0 Å². The Balaban J connectivity index is 2.57. The summed E-state index contributed by atoms with van der Waals surface area (Å²) < 4.78 is 0. The monoisotopic (exact) mass is 219 g/mol. The van der Waals surface area contributed by atoms with Crippen molar-refractivity contribution < 1.29 is 0 Å². The highest BCUT2D eigenvalue weighted by atomic mass is 15.1. The number of piperidine rings is 1. The number of hydrogen-bond donors (Lipinski definition) is 0. The molecule has 1 aliphatic rings. The van der Waals surface area contributed by atoms with Crippen LogP contribution in [0.2, 0.25) is 0 Å². The van der Waals surface area contributed by atoms with Crippen molar-refractivity contribution >= 4 is 0 Å². The average Bonchev–Trinajstić information content (AvgIpc) is 2.29. The molecular formula is C15H25N. The van der Waals surface area contributed by atoms with Crippen LogP contribution in [0.15, 0.2) is 36.6 Å². The summed E-state index contributed by atoms with van der Waals surface area (Å²) in [6.07, 6.45) is 10.9. The van der Waals surface area contributed by atoms with E-state index in [-0.39, 0.29) is 0 Å². The third-order valence-electron chi connectivity index (χ3n) is 3.47. The normalized spacial score (nSPS) is 19.8. The Bertz CT molecular complexity index is 265. The fraction of sp³-hybridized carbons (Fsp3) is 0.600. The van der Waals surface area contributed by atoms with Crippen molar-refractivity contribution in [3.63, 3.8) is 0 Å². The molecule has 0 spiro atoms. The molecule has 0 radical (unpaired) electrons. The van der Waals surface area contributed by atoms with E-state index < -0.39 is 0 Å². The molecule has 0 aromatic rings. The Kier molecular flexibility index (Phi) is 5.37. The maximum atomic E-state index is 3.78. The molecule has 0 aromatic heterocycles. The molecule has 0 amide bonds. The van der Waals surface area contributed by atoms with Crippen molar-refractivity contribution in [2.45, 2.75) is 33.6 Å². The van der Waals surface area contributed by atoms with Gasteiger partial charge in [0, 0.05) is 18.8 Å². The smallest absolute Gasteiger partial charge is 0.0362 e. The van der Waals surface area contributed by atoms with Gasteiger partial charge < -0.3 is 4.90 Å². The predicted octanol–water partition coefficient (Wildman–Crippen LogP) is 4.00. The highest BCUT2D eigenvalue weighted by Gasteiger charge is 2.21. The van der Waals surface area contributed by atoms with Gasteiger partial charge in [-0.1, -0.05) is 32.6 Å². The standard InChI is InChI=1S/C15H25N/c1-5-7-15(8-6-2)16-11-9-14(10-12-16)13(3)4/h5-8,13-14H,1,9-12H2,2-4H3/b8-6-,15-7+. The lowest BCUT2D eigenvalue weighted by atomic mass is 9.86. The second kappa shape index (κ2) is 6.57. The topological polar surface area (TPSA) is 3.24 Å². The quantitative estimate of drug-likeness (QED) is 0.646. The van der Waals surface area contributed by atoms with Crippen molar-refractivity contribution in [3.05, 3.63) is 36.6 Å². The first-order valence-electron chi connectivity index (χ1n) is 6.39. The molecule has 1 aliphatic heterocycles. The van der Waals surface area contributed by atoms with Crippen LogP contribution in [-0.4, -0.2) is 18.0 Å². The van der Waals surface area contributed by atoms with Crippen LogP contribution in [0.5, 0.6) is 0 Å². The maximum absolute atomic E-state index is 3.78. The van der Waals surface area contributed by atoms with Crippen molar-refractivity contribution in [1.82, 2.24) is 4.90 Å². The third-order valence-corrected chi connectivity index (χ3v) is 3.47. The van der Waals surface area contributed by atoms with Crippen molar-refractivity contribution in [2.24, 2.45) is 11.8 Å². The number of likely N-dealkylation sites (tertiary alicyclic amines) is 1. The van der Waals surface area contributed by atoms with Gasteiger partial charge >= 0.3 is 0 Å². The van der Waals surface area contributed by atoms with Crippen LogP contribution in [0.4, 0.5) is 0 Å². The number of nitrogens with zero attached hydrogens (tertiary/aromatic N) is 1. The molecule has 16 heavy (non-hydrogen) atoms. The van der Waals surface area contributed by atoms with E-state index in [1.165, 1.54) is 31.6 Å². The minimum Gasteiger partial charge on any atom is -0.372 e. The van der Waals surface area contributed by atoms with Gasteiger partial charge in [-0.15, -0.1) is 0 Å². The zero-order valence-corrected chi connectivity index (χ0v) is 10.9. The summed E-state index contributed by atoms with van der Waals surface area (Å²) in [6, 6.07) is 0. The minimum atomic E-state index is 0.829. The second-order valence-corrected chi connectivity index (χ2v) is 4.90. The number of rotatable bonds is 4. The lowest BCUT2D eigenvalue weighted by Gasteiger charge is -2.35. The summed E-state index contributed by atoms with van der Waals surface area (Å²) in [4.78, 5) is 2.47. The molecular weight excluding hydrogens is 194 g/mol. The first-order chi connectivity index (χ1) is 7.69. The average molecular weight is 219 g/mol. The molecule has 90 valence electrons. The van der Waals surface area contributed by atoms with Gasteiger partial charge in [-0.25, -0.2) is 0 Å². The molecule has 0 bridgehead atoms. The lowest BCUT2D eigenvalue weighted by molar-refractivity contribution is 0.194. The molecule has 0 unspecified atom stereocenters. The number of hydrogen-bond acceptors (Lipinski definition) is 1. The van der Waals surface area contributed by atoms with Gasteiger partial charge in [-0.2, -0.15) is 0 Å². The Morgan fingerprint density at radius 3 is 2.38 bits per heavy atom. The molecule has 0 N–H and O–H groups in total. The van der Waals surface area contributed by atoms with Crippen molar-refractivity contribution in [3.8, 4) is 0 Å². The van der Waals surface area contributed by atoms with Crippen molar-refractivity contribution in [2.75, 3.05) is 13.1 Å². The Labute approximate surface area is 101 Å². The van der Waals surface area contributed by atoms with E-state index in [1.807, 2.05) is 6.08 Å². The van der Waals surface area contributed by atoms with Gasteiger partial charge in [0.15, 0.2) is 0 Å². The first-order valence-corrected chi connectivity index (χ1v) is 6.39. The summed E-state index contributed by atoms with van der Waals surface area (Å²) in [6.45, 7) is 12.9. The second-order valence-electron chi connectivity index (χ2n) is 4.90. The molecule has 1 fully saturated rings. The lowest BCUT2D eigenvalue weighted by Crippen LogP contribution is -2.34. The van der Waals surface area contributed by atoms with Gasteiger partial charge in [-0.05, 0) is 43.8 Å². The van der Waals surface area contributed by atoms with Gasteiger partial charge in [0.2, 0.25) is 0 Å². The van der Waals surface area contributed by atoms with E-state index in [4.69, 9.17) is 0 Å². The van der Waals surface area contributed by atoms with E-state index >= 15 is 0 Å². The van der Waals surface area contributed by atoms with Crippen LogP contribution >= 0.6 is 0 Å². The molecule has 1 heterocycles. The minimum absolute atomic E-state index is 0.829. The van der Waals surface area contributed by atoms with Crippen LogP contribution in [0, 0.1) is 11.8 Å². The molecule has 0 saturated carbocycles. The largest absolute Gasteiger partial charge is 0.372 e. The van der Waals surface area contributed by atoms with E-state index in [2.05, 4.69) is 50.5 Å². The van der Waals surface area contributed by atoms with Gasteiger partial charge in [0.25, 0.3) is 0 Å². The molecule has 0 atom stereocenters. The fourth-order valence-electron chi connectivity index (χ4n) is 2.38. The molecule has 1 heteroatoms. The highest BCUT2D eigenvalue weighted by molar-refractivity contribution is 5.22. The maximum Gasteiger partial charge on any atom is 0.0362 e. The van der Waals surface area contributed by atoms with Gasteiger partial charge in [0.1, 0.15) is 0 Å². The van der Waals surface area contributed by atoms with Crippen LogP contribution in [0.1, 0.15) is 33.6 Å². The van der Waals surface area contributed by atoms with E-state index in [0.717, 1.165) is 11.8 Å². The molecule has 0 aromatic carbocycles. The highest BCUT2D eigenvalue weighted by Crippen LogP contribution is 2.26. The SMILES string of the molecule is C=C/C=C(\C=C/C)N1CCC(C(C)C)CC1. The summed E-state index contributed by atoms with van der Waals surface area (Å²) in [7, 11) is 0. The summed E-state index contributed by atoms with van der Waals surface area (Å²) in [5, 5.41) is 0. The Morgan fingerprint density at radius 1 is 1.31 bits per heavy atom. The van der Waals surface area contributed by atoms with Crippen LogP contribution in [-0.2, 0) is 0 Å². The molecule has 1 saturated heterocycles. The molecule has 0 aliphatic carbocycles. The fourth-order valence-corrected chi connectivity index (χ4v) is 2.38. The zero-order valence-electron chi connectivity index (χ0n) is 10.9. The first kappa shape index (κ1) is 13.1. The Morgan fingerprint density at radius 2 is 1.94 bits per heavy atom. The molecule has 1 nitrogen and oxygen atoms in total. The van der Waals surface area contributed by atoms with E-state index in [9.17, 15) is 0 Å². The predicted molar refractivity (Wildman–Crippen MR) is 72.2 cm³/mol. The zero-order chi connectivity index (χ0) is 12.0. The van der Waals surface area contributed by atoms with Gasteiger partial charge in [0.05, 0.1) is 0 Å².